The Morgan fingerprint density at radius 3 is 2.95 bits per heavy atom. The van der Waals surface area contributed by atoms with E-state index in [9.17, 15) is 14.7 Å². The number of aromatic nitrogens is 2. The van der Waals surface area contributed by atoms with Crippen molar-refractivity contribution < 1.29 is 9.84 Å². The Balaban J connectivity index is 2.38. The standard InChI is InChI=1S/C11H12BrIN2O4/c12-2-1-6-5-15(11(18)14-10(6)17)9-3-7(16)8(4-13)19-9/h1-2,5,7-9,16H,3-4H2,(H,14,17,18)/b2-1+/t7-,8+,9+/m0/s1. The highest BCUT2D eigenvalue weighted by molar-refractivity contribution is 14.1. The van der Waals surface area contributed by atoms with Crippen LogP contribution in [0.25, 0.3) is 6.08 Å². The van der Waals surface area contributed by atoms with E-state index in [0.29, 0.717) is 16.4 Å². The Morgan fingerprint density at radius 1 is 1.63 bits per heavy atom. The molecular weight excluding hydrogens is 431 g/mol. The molecule has 2 heterocycles. The molecule has 1 aromatic rings. The maximum atomic E-state index is 11.8. The Bertz CT molecular complexity index is 597. The molecule has 8 heteroatoms. The van der Waals surface area contributed by atoms with E-state index in [2.05, 4.69) is 43.5 Å². The molecule has 0 spiro atoms. The van der Waals surface area contributed by atoms with E-state index in [-0.39, 0.29) is 6.10 Å². The molecule has 2 N–H and O–H groups in total. The molecule has 1 aromatic heterocycles. The molecule has 0 amide bonds. The summed E-state index contributed by atoms with van der Waals surface area (Å²) >= 11 is 5.20. The molecule has 19 heavy (non-hydrogen) atoms. The summed E-state index contributed by atoms with van der Waals surface area (Å²) in [6.07, 6.45) is 1.86. The number of H-pyrrole nitrogens is 1. The lowest BCUT2D eigenvalue weighted by Gasteiger charge is -2.14. The van der Waals surface area contributed by atoms with Gasteiger partial charge in [0.1, 0.15) is 6.23 Å². The number of aromatic amines is 1. The predicted octanol–water partition coefficient (Wildman–Crippen LogP) is 0.986. The highest BCUT2D eigenvalue weighted by atomic mass is 127. The lowest BCUT2D eigenvalue weighted by atomic mass is 10.2. The predicted molar refractivity (Wildman–Crippen MR) is 82.7 cm³/mol. The zero-order valence-corrected chi connectivity index (χ0v) is 13.5. The largest absolute Gasteiger partial charge is 0.390 e. The summed E-state index contributed by atoms with van der Waals surface area (Å²) in [4.78, 5) is 27.1. The SMILES string of the molecule is O=c1[nH]c(=O)n([C@H]2C[C@H](O)[C@@H](CI)O2)cc1/C=C/Br. The number of rotatable bonds is 3. The fourth-order valence-electron chi connectivity index (χ4n) is 1.93. The number of aliphatic hydroxyl groups excluding tert-OH is 1. The fraction of sp³-hybridized carbons (Fsp3) is 0.455. The van der Waals surface area contributed by atoms with Gasteiger partial charge in [-0.05, 0) is 11.1 Å². The lowest BCUT2D eigenvalue weighted by Crippen LogP contribution is -2.33. The van der Waals surface area contributed by atoms with Gasteiger partial charge in [-0.15, -0.1) is 0 Å². The summed E-state index contributed by atoms with van der Waals surface area (Å²) in [7, 11) is 0. The first-order valence-electron chi connectivity index (χ1n) is 5.58. The van der Waals surface area contributed by atoms with Crippen LogP contribution in [0.3, 0.4) is 0 Å². The van der Waals surface area contributed by atoms with Gasteiger partial charge in [-0.2, -0.15) is 0 Å². The van der Waals surface area contributed by atoms with Gasteiger partial charge in [0.2, 0.25) is 0 Å². The summed E-state index contributed by atoms with van der Waals surface area (Å²) in [5.41, 5.74) is -0.656. The van der Waals surface area contributed by atoms with Crippen LogP contribution in [0.5, 0.6) is 0 Å². The fourth-order valence-corrected chi connectivity index (χ4v) is 3.01. The lowest BCUT2D eigenvalue weighted by molar-refractivity contribution is -0.00612. The second-order valence-corrected chi connectivity index (χ2v) is 5.54. The Kier molecular flexibility index (Phi) is 4.98. The first-order valence-corrected chi connectivity index (χ1v) is 8.02. The van der Waals surface area contributed by atoms with Crippen molar-refractivity contribution in [1.82, 2.24) is 9.55 Å². The number of hydrogen-bond acceptors (Lipinski definition) is 4. The zero-order chi connectivity index (χ0) is 14.0. The van der Waals surface area contributed by atoms with Crippen LogP contribution < -0.4 is 11.2 Å². The molecule has 0 saturated carbocycles. The van der Waals surface area contributed by atoms with Gasteiger partial charge in [0.15, 0.2) is 0 Å². The molecule has 0 radical (unpaired) electrons. The molecule has 1 fully saturated rings. The van der Waals surface area contributed by atoms with Crippen LogP contribution in [0, 0.1) is 0 Å². The van der Waals surface area contributed by atoms with Crippen LogP contribution in [0.2, 0.25) is 0 Å². The van der Waals surface area contributed by atoms with Gasteiger partial charge in [0.05, 0.1) is 17.8 Å². The third-order valence-corrected chi connectivity index (χ3v) is 4.04. The number of ether oxygens (including phenoxy) is 1. The van der Waals surface area contributed by atoms with Crippen LogP contribution in [0.1, 0.15) is 18.2 Å². The van der Waals surface area contributed by atoms with Gasteiger partial charge in [-0.25, -0.2) is 4.79 Å². The maximum absolute atomic E-state index is 11.8. The van der Waals surface area contributed by atoms with E-state index < -0.39 is 23.6 Å². The minimum atomic E-state index is -0.601. The third kappa shape index (κ3) is 3.18. The van der Waals surface area contributed by atoms with E-state index >= 15 is 0 Å². The average Bonchev–Trinajstić information content (AvgIpc) is 2.74. The zero-order valence-electron chi connectivity index (χ0n) is 9.75. The van der Waals surface area contributed by atoms with Crippen molar-refractivity contribution >= 4 is 44.6 Å². The summed E-state index contributed by atoms with van der Waals surface area (Å²) in [6, 6.07) is 0. The van der Waals surface area contributed by atoms with Crippen LogP contribution in [0.4, 0.5) is 0 Å². The van der Waals surface area contributed by atoms with Crippen molar-refractivity contribution in [3.63, 3.8) is 0 Å². The van der Waals surface area contributed by atoms with E-state index in [1.54, 1.807) is 0 Å². The number of nitrogens with zero attached hydrogens (tertiary/aromatic N) is 1. The van der Waals surface area contributed by atoms with E-state index in [1.165, 1.54) is 21.8 Å². The summed E-state index contributed by atoms with van der Waals surface area (Å²) in [5, 5.41) is 9.80. The summed E-state index contributed by atoms with van der Waals surface area (Å²) in [5.74, 6) is 0. The minimum Gasteiger partial charge on any atom is -0.390 e. The minimum absolute atomic E-state index is 0.292. The third-order valence-electron chi connectivity index (χ3n) is 2.90. The van der Waals surface area contributed by atoms with E-state index in [0.717, 1.165) is 0 Å². The Labute approximate surface area is 130 Å². The van der Waals surface area contributed by atoms with Crippen molar-refractivity contribution in [2.45, 2.75) is 24.9 Å². The van der Waals surface area contributed by atoms with Crippen molar-refractivity contribution in [2.75, 3.05) is 4.43 Å². The summed E-state index contributed by atoms with van der Waals surface area (Å²) < 4.78 is 7.56. The molecule has 0 aliphatic carbocycles. The maximum Gasteiger partial charge on any atom is 0.330 e. The van der Waals surface area contributed by atoms with Gasteiger partial charge in [-0.3, -0.25) is 14.3 Å². The monoisotopic (exact) mass is 442 g/mol. The first-order chi connectivity index (χ1) is 9.06. The molecular formula is C11H12BrIN2O4. The highest BCUT2D eigenvalue weighted by Gasteiger charge is 2.34. The van der Waals surface area contributed by atoms with Gasteiger partial charge in [-0.1, -0.05) is 38.5 Å². The number of aliphatic hydroxyl groups is 1. The number of hydrogen-bond donors (Lipinski definition) is 2. The summed E-state index contributed by atoms with van der Waals surface area (Å²) in [6.45, 7) is 0. The van der Waals surface area contributed by atoms with Crippen molar-refractivity contribution in [1.29, 1.82) is 0 Å². The van der Waals surface area contributed by atoms with Crippen molar-refractivity contribution in [3.05, 3.63) is 37.6 Å². The molecule has 0 unspecified atom stereocenters. The smallest absolute Gasteiger partial charge is 0.330 e. The van der Waals surface area contributed by atoms with E-state index in [1.807, 2.05) is 0 Å². The number of alkyl halides is 1. The Morgan fingerprint density at radius 2 is 2.37 bits per heavy atom. The molecule has 2 rings (SSSR count). The topological polar surface area (TPSA) is 84.3 Å². The van der Waals surface area contributed by atoms with Gasteiger partial charge < -0.3 is 9.84 Å². The number of nitrogens with one attached hydrogen (secondary N) is 1. The second kappa shape index (κ2) is 6.33. The van der Waals surface area contributed by atoms with Crippen LogP contribution in [-0.2, 0) is 4.74 Å². The molecule has 0 aromatic carbocycles. The molecule has 104 valence electrons. The molecule has 1 aliphatic heterocycles. The second-order valence-electron chi connectivity index (χ2n) is 4.13. The Hall–Kier alpha value is -0.450. The van der Waals surface area contributed by atoms with E-state index in [4.69, 9.17) is 4.74 Å². The highest BCUT2D eigenvalue weighted by Crippen LogP contribution is 2.28. The van der Waals surface area contributed by atoms with Crippen molar-refractivity contribution in [3.8, 4) is 0 Å². The van der Waals surface area contributed by atoms with Crippen LogP contribution >= 0.6 is 38.5 Å². The molecule has 1 saturated heterocycles. The quantitative estimate of drug-likeness (QED) is 0.540. The average molecular weight is 443 g/mol. The normalized spacial score (nSPS) is 27.2. The van der Waals surface area contributed by atoms with Crippen LogP contribution in [0.15, 0.2) is 20.8 Å². The molecule has 3 atom stereocenters. The molecule has 1 aliphatic rings. The van der Waals surface area contributed by atoms with Gasteiger partial charge >= 0.3 is 5.69 Å². The van der Waals surface area contributed by atoms with Gasteiger partial charge in [0.25, 0.3) is 5.56 Å². The van der Waals surface area contributed by atoms with Crippen molar-refractivity contribution in [2.24, 2.45) is 0 Å². The number of halogens is 2. The molecule has 0 bridgehead atoms. The first kappa shape index (κ1) is 14.9. The van der Waals surface area contributed by atoms with Crippen LogP contribution in [-0.4, -0.2) is 31.3 Å². The molecule has 6 nitrogen and oxygen atoms in total. The van der Waals surface area contributed by atoms with Gasteiger partial charge in [0, 0.05) is 17.0 Å².